The monoisotopic (exact) mass is 188 g/mol. The summed E-state index contributed by atoms with van der Waals surface area (Å²) in [5, 5.41) is 8.72. The summed E-state index contributed by atoms with van der Waals surface area (Å²) in [7, 11) is 0. The lowest BCUT2D eigenvalue weighted by atomic mass is 10.2. The van der Waals surface area contributed by atoms with E-state index in [0.717, 1.165) is 39.0 Å². The number of nitrogens with zero attached hydrogens (tertiary/aromatic N) is 1. The molecule has 0 aromatic carbocycles. The zero-order chi connectivity index (χ0) is 10.1. The molecule has 80 valence electrons. The van der Waals surface area contributed by atoms with Gasteiger partial charge in [0.2, 0.25) is 0 Å². The van der Waals surface area contributed by atoms with Crippen molar-refractivity contribution in [3.05, 3.63) is 0 Å². The molecule has 0 aliphatic heterocycles. The third kappa shape index (κ3) is 8.22. The maximum absolute atomic E-state index is 8.72. The molecule has 0 atom stereocenters. The minimum atomic E-state index is 0.289. The Morgan fingerprint density at radius 2 is 1.85 bits per heavy atom. The Morgan fingerprint density at radius 1 is 1.23 bits per heavy atom. The second-order valence-electron chi connectivity index (χ2n) is 3.91. The Morgan fingerprint density at radius 3 is 2.31 bits per heavy atom. The fourth-order valence-corrected chi connectivity index (χ4v) is 1.42. The van der Waals surface area contributed by atoms with Crippen LogP contribution in [-0.2, 0) is 0 Å². The molecule has 0 bridgehead atoms. The van der Waals surface area contributed by atoms with Gasteiger partial charge < -0.3 is 15.7 Å². The fourth-order valence-electron chi connectivity index (χ4n) is 1.42. The summed E-state index contributed by atoms with van der Waals surface area (Å²) < 4.78 is 0. The van der Waals surface area contributed by atoms with E-state index >= 15 is 0 Å². The minimum absolute atomic E-state index is 0.289. The molecule has 0 heterocycles. The lowest BCUT2D eigenvalue weighted by Crippen LogP contribution is -2.31. The van der Waals surface area contributed by atoms with Gasteiger partial charge >= 0.3 is 0 Å². The number of hydrogen-bond donors (Lipinski definition) is 2. The molecule has 0 spiro atoms. The Kier molecular flexibility index (Phi) is 8.40. The van der Waals surface area contributed by atoms with Crippen LogP contribution in [0.5, 0.6) is 0 Å². The Hall–Kier alpha value is -0.120. The topological polar surface area (TPSA) is 49.5 Å². The van der Waals surface area contributed by atoms with Crippen molar-refractivity contribution in [2.75, 3.05) is 32.8 Å². The number of aliphatic hydroxyl groups is 1. The van der Waals surface area contributed by atoms with E-state index < -0.39 is 0 Å². The average Bonchev–Trinajstić information content (AvgIpc) is 2.09. The zero-order valence-corrected chi connectivity index (χ0v) is 9.00. The van der Waals surface area contributed by atoms with Crippen LogP contribution in [0.15, 0.2) is 0 Å². The number of nitrogens with two attached hydrogens (primary N) is 1. The molecular weight excluding hydrogens is 164 g/mol. The number of aliphatic hydroxyl groups excluding tert-OH is 1. The van der Waals surface area contributed by atoms with E-state index in [1.807, 2.05) is 0 Å². The smallest absolute Gasteiger partial charge is 0.0443 e. The van der Waals surface area contributed by atoms with Gasteiger partial charge in [-0.15, -0.1) is 0 Å². The highest BCUT2D eigenvalue weighted by molar-refractivity contribution is 4.60. The SMILES string of the molecule is CC(C)CN(CCCN)CCCO. The van der Waals surface area contributed by atoms with Gasteiger partial charge in [0.05, 0.1) is 0 Å². The van der Waals surface area contributed by atoms with Crippen molar-refractivity contribution in [3.63, 3.8) is 0 Å². The van der Waals surface area contributed by atoms with E-state index in [-0.39, 0.29) is 6.61 Å². The summed E-state index contributed by atoms with van der Waals surface area (Å²) in [4.78, 5) is 2.38. The van der Waals surface area contributed by atoms with E-state index in [4.69, 9.17) is 10.8 Å². The van der Waals surface area contributed by atoms with Crippen molar-refractivity contribution in [2.45, 2.75) is 26.7 Å². The summed E-state index contributed by atoms with van der Waals surface area (Å²) in [6.07, 6.45) is 1.93. The van der Waals surface area contributed by atoms with Gasteiger partial charge in [0.1, 0.15) is 0 Å². The molecule has 0 amide bonds. The molecule has 3 heteroatoms. The van der Waals surface area contributed by atoms with Crippen LogP contribution in [0, 0.1) is 5.92 Å². The largest absolute Gasteiger partial charge is 0.396 e. The van der Waals surface area contributed by atoms with Crippen molar-refractivity contribution < 1.29 is 5.11 Å². The van der Waals surface area contributed by atoms with Crippen molar-refractivity contribution in [2.24, 2.45) is 11.7 Å². The van der Waals surface area contributed by atoms with Crippen LogP contribution >= 0.6 is 0 Å². The second-order valence-corrected chi connectivity index (χ2v) is 3.91. The van der Waals surface area contributed by atoms with Crippen molar-refractivity contribution in [1.82, 2.24) is 4.90 Å². The van der Waals surface area contributed by atoms with E-state index in [0.29, 0.717) is 5.92 Å². The third-order valence-electron chi connectivity index (χ3n) is 1.93. The van der Waals surface area contributed by atoms with Crippen LogP contribution in [0.3, 0.4) is 0 Å². The third-order valence-corrected chi connectivity index (χ3v) is 1.93. The molecule has 0 saturated heterocycles. The van der Waals surface area contributed by atoms with Crippen LogP contribution in [0.4, 0.5) is 0 Å². The molecule has 0 aliphatic carbocycles. The Bertz CT molecular complexity index is 99.1. The summed E-state index contributed by atoms with van der Waals surface area (Å²) in [5.41, 5.74) is 5.46. The molecule has 0 fully saturated rings. The van der Waals surface area contributed by atoms with Crippen molar-refractivity contribution in [1.29, 1.82) is 0 Å². The van der Waals surface area contributed by atoms with Gasteiger partial charge in [-0.3, -0.25) is 0 Å². The second kappa shape index (κ2) is 8.48. The first-order chi connectivity index (χ1) is 6.20. The van der Waals surface area contributed by atoms with Crippen LogP contribution in [0.2, 0.25) is 0 Å². The van der Waals surface area contributed by atoms with Gasteiger partial charge in [-0.25, -0.2) is 0 Å². The molecule has 0 aromatic heterocycles. The number of rotatable bonds is 8. The molecule has 3 N–H and O–H groups in total. The highest BCUT2D eigenvalue weighted by atomic mass is 16.3. The van der Waals surface area contributed by atoms with Gasteiger partial charge in [-0.1, -0.05) is 13.8 Å². The molecule has 3 nitrogen and oxygen atoms in total. The van der Waals surface area contributed by atoms with Crippen LogP contribution in [0.1, 0.15) is 26.7 Å². The highest BCUT2D eigenvalue weighted by Crippen LogP contribution is 2.00. The molecule has 13 heavy (non-hydrogen) atoms. The van der Waals surface area contributed by atoms with Gasteiger partial charge in [-0.05, 0) is 31.8 Å². The van der Waals surface area contributed by atoms with Gasteiger partial charge in [0.25, 0.3) is 0 Å². The molecule has 0 unspecified atom stereocenters. The first-order valence-electron chi connectivity index (χ1n) is 5.24. The molecular formula is C10H24N2O. The molecule has 0 aromatic rings. The van der Waals surface area contributed by atoms with Gasteiger partial charge in [0.15, 0.2) is 0 Å². The van der Waals surface area contributed by atoms with Crippen LogP contribution in [-0.4, -0.2) is 42.8 Å². The molecule has 0 aliphatic rings. The van der Waals surface area contributed by atoms with E-state index in [1.165, 1.54) is 0 Å². The van der Waals surface area contributed by atoms with Gasteiger partial charge in [-0.2, -0.15) is 0 Å². The maximum Gasteiger partial charge on any atom is 0.0443 e. The highest BCUT2D eigenvalue weighted by Gasteiger charge is 2.05. The van der Waals surface area contributed by atoms with E-state index in [2.05, 4.69) is 18.7 Å². The summed E-state index contributed by atoms with van der Waals surface area (Å²) >= 11 is 0. The number of hydrogen-bond acceptors (Lipinski definition) is 3. The quantitative estimate of drug-likeness (QED) is 0.589. The molecule has 0 saturated carbocycles. The normalized spacial score (nSPS) is 11.5. The summed E-state index contributed by atoms with van der Waals surface area (Å²) in [5.74, 6) is 0.691. The minimum Gasteiger partial charge on any atom is -0.396 e. The predicted octanol–water partition coefficient (Wildman–Crippen LogP) is 0.676. The fraction of sp³-hybridized carbons (Fsp3) is 1.00. The Balaban J connectivity index is 3.60. The van der Waals surface area contributed by atoms with Crippen molar-refractivity contribution in [3.8, 4) is 0 Å². The summed E-state index contributed by atoms with van der Waals surface area (Å²) in [6, 6.07) is 0. The molecule has 0 rings (SSSR count). The lowest BCUT2D eigenvalue weighted by Gasteiger charge is -2.23. The van der Waals surface area contributed by atoms with E-state index in [1.54, 1.807) is 0 Å². The van der Waals surface area contributed by atoms with Crippen LogP contribution in [0.25, 0.3) is 0 Å². The standard InChI is InChI=1S/C10H24N2O/c1-10(2)9-12(6-3-5-11)7-4-8-13/h10,13H,3-9,11H2,1-2H3. The molecule has 0 radical (unpaired) electrons. The van der Waals surface area contributed by atoms with E-state index in [9.17, 15) is 0 Å². The predicted molar refractivity (Wildman–Crippen MR) is 56.7 cm³/mol. The first kappa shape index (κ1) is 12.9. The average molecular weight is 188 g/mol. The van der Waals surface area contributed by atoms with Crippen molar-refractivity contribution >= 4 is 0 Å². The zero-order valence-electron chi connectivity index (χ0n) is 9.00. The summed E-state index contributed by atoms with van der Waals surface area (Å²) in [6.45, 7) is 8.65. The van der Waals surface area contributed by atoms with Crippen LogP contribution < -0.4 is 5.73 Å². The van der Waals surface area contributed by atoms with Gasteiger partial charge in [0, 0.05) is 19.7 Å². The maximum atomic E-state index is 8.72. The first-order valence-corrected chi connectivity index (χ1v) is 5.24. The Labute approximate surface area is 81.9 Å². The lowest BCUT2D eigenvalue weighted by molar-refractivity contribution is 0.207.